The first-order chi connectivity index (χ1) is 7.09. The van der Waals surface area contributed by atoms with Crippen LogP contribution in [0.3, 0.4) is 0 Å². The summed E-state index contributed by atoms with van der Waals surface area (Å²) in [5.41, 5.74) is -0.762. The van der Waals surface area contributed by atoms with E-state index in [0.29, 0.717) is 23.6 Å². The van der Waals surface area contributed by atoms with Gasteiger partial charge in [-0.15, -0.1) is 0 Å². The zero-order chi connectivity index (χ0) is 11.3. The second-order valence-corrected chi connectivity index (χ2v) is 4.00. The lowest BCUT2D eigenvalue weighted by molar-refractivity contribution is -0.0114. The first kappa shape index (κ1) is 12.3. The second kappa shape index (κ2) is 5.33. The first-order valence-corrected chi connectivity index (χ1v) is 5.43. The van der Waals surface area contributed by atoms with Crippen molar-refractivity contribution in [3.05, 3.63) is 23.5 Å². The van der Waals surface area contributed by atoms with Gasteiger partial charge < -0.3 is 9.84 Å². The third-order valence-electron chi connectivity index (χ3n) is 2.50. The molecule has 3 nitrogen and oxygen atoms in total. The summed E-state index contributed by atoms with van der Waals surface area (Å²) in [7, 11) is 0. The fourth-order valence-corrected chi connectivity index (χ4v) is 1.31. The molecule has 0 aliphatic heterocycles. The highest BCUT2D eigenvalue weighted by atomic mass is 35.5. The lowest BCUT2D eigenvalue weighted by Gasteiger charge is -2.24. The molecule has 0 saturated carbocycles. The molecule has 1 aromatic rings. The van der Waals surface area contributed by atoms with Gasteiger partial charge in [0.2, 0.25) is 0 Å². The Morgan fingerprint density at radius 1 is 1.40 bits per heavy atom. The first-order valence-electron chi connectivity index (χ1n) is 5.05. The van der Waals surface area contributed by atoms with Gasteiger partial charge in [0.25, 0.3) is 0 Å². The van der Waals surface area contributed by atoms with Crippen molar-refractivity contribution in [3.63, 3.8) is 0 Å². The van der Waals surface area contributed by atoms with E-state index >= 15 is 0 Å². The zero-order valence-electron chi connectivity index (χ0n) is 9.03. The third kappa shape index (κ3) is 3.68. The highest BCUT2D eigenvalue weighted by Crippen LogP contribution is 2.19. The molecule has 0 fully saturated rings. The molecule has 0 aromatic carbocycles. The molecule has 0 saturated heterocycles. The Kier molecular flexibility index (Phi) is 4.36. The maximum atomic E-state index is 9.98. The van der Waals surface area contributed by atoms with Crippen molar-refractivity contribution >= 4 is 11.6 Å². The quantitative estimate of drug-likeness (QED) is 0.844. The van der Waals surface area contributed by atoms with Gasteiger partial charge in [0.1, 0.15) is 12.4 Å². The maximum absolute atomic E-state index is 9.98. The van der Waals surface area contributed by atoms with Gasteiger partial charge >= 0.3 is 0 Å². The summed E-state index contributed by atoms with van der Waals surface area (Å²) in [4.78, 5) is 3.90. The van der Waals surface area contributed by atoms with Crippen molar-refractivity contribution in [2.75, 3.05) is 6.61 Å². The molecule has 1 heterocycles. The van der Waals surface area contributed by atoms with Crippen molar-refractivity contribution in [3.8, 4) is 5.75 Å². The van der Waals surface area contributed by atoms with Crippen molar-refractivity contribution in [1.82, 2.24) is 4.98 Å². The van der Waals surface area contributed by atoms with E-state index in [9.17, 15) is 5.11 Å². The number of aromatic nitrogens is 1. The van der Waals surface area contributed by atoms with Crippen LogP contribution in [-0.2, 0) is 0 Å². The third-order valence-corrected chi connectivity index (χ3v) is 2.71. The maximum Gasteiger partial charge on any atom is 0.139 e. The number of pyridine rings is 1. The van der Waals surface area contributed by atoms with E-state index in [2.05, 4.69) is 4.98 Å². The van der Waals surface area contributed by atoms with Crippen LogP contribution in [0.1, 0.15) is 26.7 Å². The number of hydrogen-bond donors (Lipinski definition) is 1. The predicted octanol–water partition coefficient (Wildman–Crippen LogP) is 2.66. The lowest BCUT2D eigenvalue weighted by Crippen LogP contribution is -2.34. The second-order valence-electron chi connectivity index (χ2n) is 3.56. The Bertz CT molecular complexity index is 313. The molecule has 0 unspecified atom stereocenters. The fourth-order valence-electron chi connectivity index (χ4n) is 1.14. The lowest BCUT2D eigenvalue weighted by atomic mass is 9.99. The summed E-state index contributed by atoms with van der Waals surface area (Å²) in [6, 6.07) is 1.68. The molecule has 0 aliphatic rings. The average molecular weight is 230 g/mol. The Balaban J connectivity index is 2.56. The van der Waals surface area contributed by atoms with Gasteiger partial charge in [0, 0.05) is 12.3 Å². The number of hydrogen-bond acceptors (Lipinski definition) is 3. The van der Waals surface area contributed by atoms with Gasteiger partial charge in [-0.1, -0.05) is 25.4 Å². The minimum Gasteiger partial charge on any atom is -0.489 e. The molecule has 84 valence electrons. The zero-order valence-corrected chi connectivity index (χ0v) is 9.79. The average Bonchev–Trinajstić information content (AvgIpc) is 2.26. The van der Waals surface area contributed by atoms with Crippen molar-refractivity contribution in [2.24, 2.45) is 0 Å². The van der Waals surface area contributed by atoms with Gasteiger partial charge in [-0.2, -0.15) is 0 Å². The van der Waals surface area contributed by atoms with Crippen LogP contribution in [0.15, 0.2) is 18.5 Å². The Hall–Kier alpha value is -0.800. The van der Waals surface area contributed by atoms with Crippen LogP contribution in [0.25, 0.3) is 0 Å². The van der Waals surface area contributed by atoms with E-state index in [0.717, 1.165) is 0 Å². The Labute approximate surface area is 95.1 Å². The number of ether oxygens (including phenoxy) is 1. The molecule has 15 heavy (non-hydrogen) atoms. The van der Waals surface area contributed by atoms with Crippen LogP contribution in [0, 0.1) is 0 Å². The molecule has 0 radical (unpaired) electrons. The molecule has 1 rings (SSSR count). The number of halogens is 1. The monoisotopic (exact) mass is 229 g/mol. The SMILES string of the molecule is CCC(O)(CC)COc1cncc(Cl)c1. The topological polar surface area (TPSA) is 42.4 Å². The van der Waals surface area contributed by atoms with Crippen LogP contribution < -0.4 is 4.74 Å². The molecule has 4 heteroatoms. The summed E-state index contributed by atoms with van der Waals surface area (Å²) < 4.78 is 5.44. The summed E-state index contributed by atoms with van der Waals surface area (Å²) >= 11 is 5.76. The minimum atomic E-state index is -0.762. The number of aliphatic hydroxyl groups is 1. The van der Waals surface area contributed by atoms with Crippen molar-refractivity contribution < 1.29 is 9.84 Å². The highest BCUT2D eigenvalue weighted by molar-refractivity contribution is 6.30. The van der Waals surface area contributed by atoms with Gasteiger partial charge in [-0.25, -0.2) is 0 Å². The largest absolute Gasteiger partial charge is 0.489 e. The molecule has 0 aliphatic carbocycles. The van der Waals surface area contributed by atoms with E-state index < -0.39 is 5.60 Å². The molecular formula is C11H16ClNO2. The van der Waals surface area contributed by atoms with Crippen LogP contribution in [0.4, 0.5) is 0 Å². The van der Waals surface area contributed by atoms with E-state index in [1.807, 2.05) is 13.8 Å². The van der Waals surface area contributed by atoms with Crippen LogP contribution in [0.2, 0.25) is 5.02 Å². The Morgan fingerprint density at radius 2 is 2.07 bits per heavy atom. The summed E-state index contributed by atoms with van der Waals surface area (Å²) in [5.74, 6) is 0.586. The molecular weight excluding hydrogens is 214 g/mol. The van der Waals surface area contributed by atoms with Crippen molar-refractivity contribution in [1.29, 1.82) is 0 Å². The van der Waals surface area contributed by atoms with Gasteiger partial charge in [-0.3, -0.25) is 4.98 Å². The molecule has 0 atom stereocenters. The van der Waals surface area contributed by atoms with Crippen LogP contribution >= 0.6 is 11.6 Å². The van der Waals surface area contributed by atoms with E-state index in [1.54, 1.807) is 18.5 Å². The molecule has 0 spiro atoms. The smallest absolute Gasteiger partial charge is 0.139 e. The standard InChI is InChI=1S/C11H16ClNO2/c1-3-11(14,4-2)8-15-10-5-9(12)6-13-7-10/h5-7,14H,3-4,8H2,1-2H3. The summed E-state index contributed by atoms with van der Waals surface area (Å²) in [5, 5.41) is 10.5. The van der Waals surface area contributed by atoms with Gasteiger partial charge in [-0.05, 0) is 12.8 Å². The van der Waals surface area contributed by atoms with E-state index in [1.165, 1.54) is 0 Å². The number of nitrogens with zero attached hydrogens (tertiary/aromatic N) is 1. The van der Waals surface area contributed by atoms with Gasteiger partial charge in [0.05, 0.1) is 16.8 Å². The predicted molar refractivity (Wildman–Crippen MR) is 60.3 cm³/mol. The van der Waals surface area contributed by atoms with Crippen molar-refractivity contribution in [2.45, 2.75) is 32.3 Å². The normalized spacial score (nSPS) is 11.5. The highest BCUT2D eigenvalue weighted by Gasteiger charge is 2.23. The molecule has 0 amide bonds. The molecule has 1 aromatic heterocycles. The van der Waals surface area contributed by atoms with Crippen LogP contribution in [-0.4, -0.2) is 22.3 Å². The summed E-state index contributed by atoms with van der Waals surface area (Å²) in [6.45, 7) is 4.13. The molecule has 0 bridgehead atoms. The van der Waals surface area contributed by atoms with E-state index in [4.69, 9.17) is 16.3 Å². The number of rotatable bonds is 5. The van der Waals surface area contributed by atoms with E-state index in [-0.39, 0.29) is 6.61 Å². The van der Waals surface area contributed by atoms with Gasteiger partial charge in [0.15, 0.2) is 0 Å². The Morgan fingerprint density at radius 3 is 2.60 bits per heavy atom. The van der Waals surface area contributed by atoms with Crippen LogP contribution in [0.5, 0.6) is 5.75 Å². The fraction of sp³-hybridized carbons (Fsp3) is 0.545. The summed E-state index contributed by atoms with van der Waals surface area (Å²) in [6.07, 6.45) is 4.45. The minimum absolute atomic E-state index is 0.266. The molecule has 1 N–H and O–H groups in total.